The molecule has 0 saturated carbocycles. The van der Waals surface area contributed by atoms with E-state index in [2.05, 4.69) is 5.32 Å². The van der Waals surface area contributed by atoms with Crippen molar-refractivity contribution in [3.05, 3.63) is 90.9 Å². The van der Waals surface area contributed by atoms with Crippen molar-refractivity contribution in [3.8, 4) is 11.5 Å². The van der Waals surface area contributed by atoms with Gasteiger partial charge in [0.2, 0.25) is 0 Å². The number of carbonyl (C=O) groups is 3. The second-order valence-corrected chi connectivity index (χ2v) is 9.85. The lowest BCUT2D eigenvalue weighted by Gasteiger charge is -2.27. The number of carbonyl (C=O) groups excluding carboxylic acids is 3. The van der Waals surface area contributed by atoms with Gasteiger partial charge in [0.15, 0.2) is 11.5 Å². The average molecular weight is 594 g/mol. The molecule has 0 atom stereocenters. The number of hydrogen-bond acceptors (Lipinski definition) is 5. The van der Waals surface area contributed by atoms with E-state index in [1.165, 1.54) is 18.2 Å². The molecule has 0 aliphatic carbocycles. The second-order valence-electron chi connectivity index (χ2n) is 8.19. The maximum Gasteiger partial charge on any atom is 0.335 e. The average Bonchev–Trinajstić information content (AvgIpc) is 2.85. The lowest BCUT2D eigenvalue weighted by molar-refractivity contribution is -0.122. The summed E-state index contributed by atoms with van der Waals surface area (Å²) >= 11 is 24.7. The van der Waals surface area contributed by atoms with E-state index in [0.29, 0.717) is 38.6 Å². The number of nitrogens with one attached hydrogen (secondary N) is 1. The Morgan fingerprint density at radius 2 is 1.66 bits per heavy atom. The smallest absolute Gasteiger partial charge is 0.335 e. The Hall–Kier alpha value is -3.23. The van der Waals surface area contributed by atoms with Crippen LogP contribution in [0, 0.1) is 6.92 Å². The fourth-order valence-corrected chi connectivity index (χ4v) is 4.49. The first kappa shape index (κ1) is 27.8. The van der Waals surface area contributed by atoms with Crippen LogP contribution in [0.3, 0.4) is 0 Å². The molecule has 7 nitrogen and oxygen atoms in total. The predicted octanol–water partition coefficient (Wildman–Crippen LogP) is 7.25. The molecule has 0 unspecified atom stereocenters. The van der Waals surface area contributed by atoms with Crippen LogP contribution in [0.1, 0.15) is 23.6 Å². The van der Waals surface area contributed by atoms with Crippen LogP contribution >= 0.6 is 46.4 Å². The molecule has 1 saturated heterocycles. The van der Waals surface area contributed by atoms with Crippen molar-refractivity contribution in [2.24, 2.45) is 0 Å². The number of aryl methyl sites for hydroxylation is 1. The summed E-state index contributed by atoms with van der Waals surface area (Å²) in [6, 6.07) is 12.1. The Kier molecular flexibility index (Phi) is 8.53. The number of rotatable bonds is 7. The highest BCUT2D eigenvalue weighted by Gasteiger charge is 2.37. The first-order valence-electron chi connectivity index (χ1n) is 11.3. The van der Waals surface area contributed by atoms with Gasteiger partial charge in [-0.15, -0.1) is 0 Å². The molecule has 0 radical (unpaired) electrons. The van der Waals surface area contributed by atoms with Gasteiger partial charge in [-0.2, -0.15) is 0 Å². The van der Waals surface area contributed by atoms with E-state index in [-0.39, 0.29) is 28.6 Å². The second kappa shape index (κ2) is 11.7. The van der Waals surface area contributed by atoms with Gasteiger partial charge in [0, 0.05) is 5.02 Å². The van der Waals surface area contributed by atoms with Crippen molar-refractivity contribution < 1.29 is 23.9 Å². The summed E-state index contributed by atoms with van der Waals surface area (Å²) in [7, 11) is 0. The molecule has 196 valence electrons. The van der Waals surface area contributed by atoms with Gasteiger partial charge in [-0.25, -0.2) is 9.69 Å². The highest BCUT2D eigenvalue weighted by molar-refractivity contribution is 6.42. The van der Waals surface area contributed by atoms with E-state index in [0.717, 1.165) is 10.5 Å². The van der Waals surface area contributed by atoms with Crippen LogP contribution in [-0.4, -0.2) is 24.5 Å². The number of hydrogen-bond donors (Lipinski definition) is 1. The Morgan fingerprint density at radius 1 is 0.895 bits per heavy atom. The highest BCUT2D eigenvalue weighted by atomic mass is 35.5. The fraction of sp³-hybridized carbons (Fsp3) is 0.148. The number of anilines is 1. The molecular formula is C27H20Cl4N2O5. The number of imide groups is 2. The van der Waals surface area contributed by atoms with Crippen molar-refractivity contribution in [2.75, 3.05) is 11.5 Å². The molecule has 1 aliphatic heterocycles. The monoisotopic (exact) mass is 592 g/mol. The van der Waals surface area contributed by atoms with Gasteiger partial charge in [-0.3, -0.25) is 14.9 Å². The van der Waals surface area contributed by atoms with Gasteiger partial charge in [0.25, 0.3) is 11.8 Å². The largest absolute Gasteiger partial charge is 0.490 e. The van der Waals surface area contributed by atoms with E-state index in [1.807, 2.05) is 0 Å². The molecule has 1 heterocycles. The number of halogens is 4. The molecule has 3 aromatic carbocycles. The number of barbiturate groups is 1. The van der Waals surface area contributed by atoms with Crippen LogP contribution in [0.5, 0.6) is 11.5 Å². The zero-order chi connectivity index (χ0) is 27.6. The van der Waals surface area contributed by atoms with Gasteiger partial charge in [0.05, 0.1) is 27.4 Å². The van der Waals surface area contributed by atoms with Gasteiger partial charge in [-0.05, 0) is 73.0 Å². The van der Waals surface area contributed by atoms with E-state index in [9.17, 15) is 14.4 Å². The summed E-state index contributed by atoms with van der Waals surface area (Å²) in [6.07, 6.45) is 1.33. The maximum absolute atomic E-state index is 13.3. The normalized spacial score (nSPS) is 14.6. The lowest BCUT2D eigenvalue weighted by atomic mass is 10.1. The van der Waals surface area contributed by atoms with Gasteiger partial charge in [-0.1, -0.05) is 58.5 Å². The van der Waals surface area contributed by atoms with Crippen molar-refractivity contribution in [3.63, 3.8) is 0 Å². The Balaban J connectivity index is 1.67. The zero-order valence-electron chi connectivity index (χ0n) is 20.1. The van der Waals surface area contributed by atoms with E-state index in [1.54, 1.807) is 50.2 Å². The third-order valence-corrected chi connectivity index (χ3v) is 6.78. The molecule has 4 rings (SSSR count). The van der Waals surface area contributed by atoms with Crippen molar-refractivity contribution >= 4 is 76.0 Å². The molecular weight excluding hydrogens is 574 g/mol. The molecule has 3 aromatic rings. The molecule has 1 fully saturated rings. The number of urea groups is 1. The molecule has 38 heavy (non-hydrogen) atoms. The standard InChI is InChI=1S/C27H20Cl4N2O5/c1-3-37-23-11-16(10-21(31)24(23)38-13-15-5-7-19(29)20(30)9-15)8-18-25(34)32-27(36)33(26(18)35)22-12-17(28)6-4-14(22)2/h4-12H,3,13H2,1-2H3,(H,32,34,36)/b18-8+. The number of benzene rings is 3. The third-order valence-electron chi connectivity index (χ3n) is 5.52. The zero-order valence-corrected chi connectivity index (χ0v) is 23.1. The summed E-state index contributed by atoms with van der Waals surface area (Å²) in [5.74, 6) is -1.08. The quantitative estimate of drug-likeness (QED) is 0.230. The lowest BCUT2D eigenvalue weighted by Crippen LogP contribution is -2.54. The van der Waals surface area contributed by atoms with Crippen molar-refractivity contribution in [1.29, 1.82) is 0 Å². The van der Waals surface area contributed by atoms with Crippen LogP contribution in [0.15, 0.2) is 54.1 Å². The van der Waals surface area contributed by atoms with Gasteiger partial charge < -0.3 is 9.47 Å². The molecule has 11 heteroatoms. The maximum atomic E-state index is 13.3. The Bertz CT molecular complexity index is 1490. The first-order valence-corrected chi connectivity index (χ1v) is 12.8. The third kappa shape index (κ3) is 5.92. The highest BCUT2D eigenvalue weighted by Crippen LogP contribution is 2.38. The molecule has 4 amide bonds. The summed E-state index contributed by atoms with van der Waals surface area (Å²) < 4.78 is 11.6. The molecule has 0 bridgehead atoms. The number of ether oxygens (including phenoxy) is 2. The van der Waals surface area contributed by atoms with Crippen LogP contribution in [0.4, 0.5) is 10.5 Å². The van der Waals surface area contributed by atoms with Crippen LogP contribution in [0.2, 0.25) is 20.1 Å². The summed E-state index contributed by atoms with van der Waals surface area (Å²) in [4.78, 5) is 39.4. The van der Waals surface area contributed by atoms with E-state index in [4.69, 9.17) is 55.9 Å². The molecule has 0 spiro atoms. The van der Waals surface area contributed by atoms with Crippen LogP contribution < -0.4 is 19.7 Å². The number of amides is 4. The summed E-state index contributed by atoms with van der Waals surface area (Å²) in [6.45, 7) is 3.94. The topological polar surface area (TPSA) is 84.9 Å². The Labute approximate surface area is 238 Å². The summed E-state index contributed by atoms with van der Waals surface area (Å²) in [5.41, 5.74) is 1.76. The van der Waals surface area contributed by atoms with E-state index >= 15 is 0 Å². The predicted molar refractivity (Wildman–Crippen MR) is 149 cm³/mol. The minimum Gasteiger partial charge on any atom is -0.490 e. The van der Waals surface area contributed by atoms with Crippen molar-refractivity contribution in [1.82, 2.24) is 5.32 Å². The van der Waals surface area contributed by atoms with Crippen LogP contribution in [-0.2, 0) is 16.2 Å². The van der Waals surface area contributed by atoms with Crippen LogP contribution in [0.25, 0.3) is 6.08 Å². The van der Waals surface area contributed by atoms with Crippen molar-refractivity contribution in [2.45, 2.75) is 20.5 Å². The minimum atomic E-state index is -0.874. The molecule has 0 aromatic heterocycles. The summed E-state index contributed by atoms with van der Waals surface area (Å²) in [5, 5.41) is 3.53. The van der Waals surface area contributed by atoms with Gasteiger partial charge >= 0.3 is 6.03 Å². The minimum absolute atomic E-state index is 0.133. The number of nitrogens with zero attached hydrogens (tertiary/aromatic N) is 1. The SMILES string of the molecule is CCOc1cc(/C=C2\C(=O)NC(=O)N(c3cc(Cl)ccc3C)C2=O)cc(Cl)c1OCc1ccc(Cl)c(Cl)c1. The molecule has 1 aliphatic rings. The first-order chi connectivity index (χ1) is 18.1. The Morgan fingerprint density at radius 3 is 2.37 bits per heavy atom. The van der Waals surface area contributed by atoms with E-state index < -0.39 is 17.8 Å². The fourth-order valence-electron chi connectivity index (χ4n) is 3.73. The molecule has 1 N–H and O–H groups in total. The van der Waals surface area contributed by atoms with Gasteiger partial charge in [0.1, 0.15) is 12.2 Å².